The van der Waals surface area contributed by atoms with Gasteiger partial charge in [-0.05, 0) is 25.0 Å². The molecule has 2 heteroatoms. The zero-order chi connectivity index (χ0) is 9.14. The third-order valence-electron chi connectivity index (χ3n) is 1.85. The minimum absolute atomic E-state index is 0.451. The monoisotopic (exact) mass is 170 g/mol. The Hall–Kier alpha value is -0.920. The van der Waals surface area contributed by atoms with E-state index >= 15 is 0 Å². The van der Waals surface area contributed by atoms with Crippen molar-refractivity contribution < 1.29 is 8.78 Å². The summed E-state index contributed by atoms with van der Waals surface area (Å²) in [6.07, 6.45) is -2.20. The predicted molar refractivity (Wildman–Crippen MR) is 45.5 cm³/mol. The molecule has 0 bridgehead atoms. The number of alkyl halides is 2. The molecule has 0 saturated heterocycles. The first-order valence-electron chi connectivity index (χ1n) is 4.00. The molecule has 0 radical (unpaired) electrons. The molecule has 0 fully saturated rings. The SMILES string of the molecule is CC(F)c1ccccc1C(C)F. The van der Waals surface area contributed by atoms with Crippen LogP contribution < -0.4 is 0 Å². The lowest BCUT2D eigenvalue weighted by molar-refractivity contribution is 0.341. The van der Waals surface area contributed by atoms with E-state index in [1.165, 1.54) is 13.8 Å². The van der Waals surface area contributed by atoms with Crippen molar-refractivity contribution in [1.82, 2.24) is 0 Å². The maximum absolute atomic E-state index is 12.9. The summed E-state index contributed by atoms with van der Waals surface area (Å²) >= 11 is 0. The molecule has 1 aromatic rings. The molecule has 66 valence electrons. The summed E-state index contributed by atoms with van der Waals surface area (Å²) in [5.74, 6) is 0. The van der Waals surface area contributed by atoms with E-state index in [0.29, 0.717) is 11.1 Å². The van der Waals surface area contributed by atoms with Crippen LogP contribution in [0.5, 0.6) is 0 Å². The summed E-state index contributed by atoms with van der Waals surface area (Å²) in [6, 6.07) is 6.68. The summed E-state index contributed by atoms with van der Waals surface area (Å²) in [6.45, 7) is 2.84. The lowest BCUT2D eigenvalue weighted by Crippen LogP contribution is -1.95. The van der Waals surface area contributed by atoms with Crippen molar-refractivity contribution in [1.29, 1.82) is 0 Å². The van der Waals surface area contributed by atoms with Gasteiger partial charge < -0.3 is 0 Å². The third kappa shape index (κ3) is 1.81. The molecule has 12 heavy (non-hydrogen) atoms. The second kappa shape index (κ2) is 3.65. The highest BCUT2D eigenvalue weighted by atomic mass is 19.1. The first-order valence-corrected chi connectivity index (χ1v) is 4.00. The summed E-state index contributed by atoms with van der Waals surface area (Å²) in [7, 11) is 0. The number of halogens is 2. The van der Waals surface area contributed by atoms with Crippen LogP contribution >= 0.6 is 0 Å². The third-order valence-corrected chi connectivity index (χ3v) is 1.85. The fourth-order valence-electron chi connectivity index (χ4n) is 1.24. The first-order chi connectivity index (χ1) is 5.63. The van der Waals surface area contributed by atoms with Crippen LogP contribution in [0, 0.1) is 0 Å². The van der Waals surface area contributed by atoms with E-state index in [1.807, 2.05) is 0 Å². The second-order valence-corrected chi connectivity index (χ2v) is 2.86. The van der Waals surface area contributed by atoms with Gasteiger partial charge in [0.05, 0.1) is 0 Å². The van der Waals surface area contributed by atoms with Crippen LogP contribution in [0.4, 0.5) is 8.78 Å². The van der Waals surface area contributed by atoms with E-state index in [2.05, 4.69) is 0 Å². The van der Waals surface area contributed by atoms with Crippen molar-refractivity contribution in [2.45, 2.75) is 26.2 Å². The molecule has 1 rings (SSSR count). The van der Waals surface area contributed by atoms with Crippen molar-refractivity contribution >= 4 is 0 Å². The number of hydrogen-bond donors (Lipinski definition) is 0. The molecule has 0 nitrogen and oxygen atoms in total. The Morgan fingerprint density at radius 1 is 0.917 bits per heavy atom. The second-order valence-electron chi connectivity index (χ2n) is 2.86. The van der Waals surface area contributed by atoms with E-state index in [9.17, 15) is 8.78 Å². The molecule has 2 unspecified atom stereocenters. The van der Waals surface area contributed by atoms with Crippen molar-refractivity contribution in [3.8, 4) is 0 Å². The van der Waals surface area contributed by atoms with Gasteiger partial charge in [-0.1, -0.05) is 24.3 Å². The lowest BCUT2D eigenvalue weighted by Gasteiger charge is -2.10. The molecule has 0 N–H and O–H groups in total. The Labute approximate surface area is 71.2 Å². The minimum atomic E-state index is -1.10. The number of hydrogen-bond acceptors (Lipinski definition) is 0. The van der Waals surface area contributed by atoms with E-state index < -0.39 is 12.3 Å². The van der Waals surface area contributed by atoms with Gasteiger partial charge in [-0.25, -0.2) is 8.78 Å². The van der Waals surface area contributed by atoms with Crippen LogP contribution in [-0.4, -0.2) is 0 Å². The van der Waals surface area contributed by atoms with Crippen LogP contribution in [0.2, 0.25) is 0 Å². The van der Waals surface area contributed by atoms with E-state index in [-0.39, 0.29) is 0 Å². The smallest absolute Gasteiger partial charge is 0.123 e. The summed E-state index contributed by atoms with van der Waals surface area (Å²) in [5, 5.41) is 0. The maximum atomic E-state index is 12.9. The van der Waals surface area contributed by atoms with Crippen LogP contribution in [0.1, 0.15) is 37.3 Å². The number of benzene rings is 1. The predicted octanol–water partition coefficient (Wildman–Crippen LogP) is 3.75. The molecular formula is C10H12F2. The molecule has 0 heterocycles. The van der Waals surface area contributed by atoms with E-state index in [1.54, 1.807) is 24.3 Å². The minimum Gasteiger partial charge on any atom is -0.243 e. The molecule has 0 amide bonds. The van der Waals surface area contributed by atoms with Gasteiger partial charge >= 0.3 is 0 Å². The standard InChI is InChI=1S/C10H12F2/c1-7(11)9-5-3-4-6-10(9)8(2)12/h3-8H,1-2H3. The van der Waals surface area contributed by atoms with Gasteiger partial charge in [0.1, 0.15) is 12.3 Å². The van der Waals surface area contributed by atoms with Gasteiger partial charge in [0.2, 0.25) is 0 Å². The molecule has 2 atom stereocenters. The fourth-order valence-corrected chi connectivity index (χ4v) is 1.24. The summed E-state index contributed by atoms with van der Waals surface area (Å²) < 4.78 is 25.8. The van der Waals surface area contributed by atoms with Gasteiger partial charge in [-0.15, -0.1) is 0 Å². The fraction of sp³-hybridized carbons (Fsp3) is 0.400. The normalized spacial score (nSPS) is 15.7. The van der Waals surface area contributed by atoms with E-state index in [4.69, 9.17) is 0 Å². The Kier molecular flexibility index (Phi) is 2.79. The number of rotatable bonds is 2. The Balaban J connectivity index is 3.09. The van der Waals surface area contributed by atoms with Gasteiger partial charge in [0, 0.05) is 0 Å². The quantitative estimate of drug-likeness (QED) is 0.634. The van der Waals surface area contributed by atoms with Crippen LogP contribution in [-0.2, 0) is 0 Å². The molecule has 0 aromatic heterocycles. The van der Waals surface area contributed by atoms with Crippen LogP contribution in [0.3, 0.4) is 0 Å². The van der Waals surface area contributed by atoms with E-state index in [0.717, 1.165) is 0 Å². The average Bonchev–Trinajstić information content (AvgIpc) is 2.04. The summed E-state index contributed by atoms with van der Waals surface area (Å²) in [5.41, 5.74) is 0.903. The highest BCUT2D eigenvalue weighted by molar-refractivity contribution is 5.30. The zero-order valence-electron chi connectivity index (χ0n) is 7.22. The molecular weight excluding hydrogens is 158 g/mol. The molecule has 0 aliphatic heterocycles. The van der Waals surface area contributed by atoms with Crippen molar-refractivity contribution in [3.63, 3.8) is 0 Å². The van der Waals surface area contributed by atoms with Crippen LogP contribution in [0.25, 0.3) is 0 Å². The molecule has 1 aromatic carbocycles. The first kappa shape index (κ1) is 9.17. The lowest BCUT2D eigenvalue weighted by atomic mass is 10.0. The molecule has 0 aliphatic carbocycles. The molecule has 0 spiro atoms. The van der Waals surface area contributed by atoms with Crippen molar-refractivity contribution in [3.05, 3.63) is 35.4 Å². The summed E-state index contributed by atoms with van der Waals surface area (Å²) in [4.78, 5) is 0. The Morgan fingerprint density at radius 2 is 1.25 bits per heavy atom. The maximum Gasteiger partial charge on any atom is 0.123 e. The largest absolute Gasteiger partial charge is 0.243 e. The van der Waals surface area contributed by atoms with Gasteiger partial charge in [0.15, 0.2) is 0 Å². The Bertz CT molecular complexity index is 227. The van der Waals surface area contributed by atoms with Gasteiger partial charge in [-0.3, -0.25) is 0 Å². The molecule has 0 saturated carbocycles. The Morgan fingerprint density at radius 3 is 1.50 bits per heavy atom. The van der Waals surface area contributed by atoms with Crippen molar-refractivity contribution in [2.24, 2.45) is 0 Å². The van der Waals surface area contributed by atoms with Gasteiger partial charge in [0.25, 0.3) is 0 Å². The van der Waals surface area contributed by atoms with Crippen LogP contribution in [0.15, 0.2) is 24.3 Å². The average molecular weight is 170 g/mol. The topological polar surface area (TPSA) is 0 Å². The molecule has 0 aliphatic rings. The highest BCUT2D eigenvalue weighted by Gasteiger charge is 2.12. The van der Waals surface area contributed by atoms with Crippen molar-refractivity contribution in [2.75, 3.05) is 0 Å². The highest BCUT2D eigenvalue weighted by Crippen LogP contribution is 2.27. The zero-order valence-corrected chi connectivity index (χ0v) is 7.22. The van der Waals surface area contributed by atoms with Gasteiger partial charge in [-0.2, -0.15) is 0 Å².